The maximum Gasteiger partial charge on any atom is 0.190 e. The predicted octanol–water partition coefficient (Wildman–Crippen LogP) is 5.34. The fraction of sp³-hybridized carbons (Fsp3) is 0.0909. The molecule has 0 bridgehead atoms. The number of aromatic nitrogens is 2. The molecule has 3 aromatic rings. The molecule has 0 unspecified atom stereocenters. The average molecular weight is 378 g/mol. The first-order valence-corrected chi connectivity index (χ1v) is 8.81. The van der Waals surface area contributed by atoms with E-state index in [2.05, 4.69) is 9.97 Å². The van der Waals surface area contributed by atoms with Crippen molar-refractivity contribution in [2.24, 2.45) is 0 Å². The van der Waals surface area contributed by atoms with Crippen molar-refractivity contribution in [2.45, 2.75) is 6.42 Å². The molecule has 0 spiro atoms. The first-order chi connectivity index (χ1) is 13.6. The number of aromatic hydroxyl groups is 1. The van der Waals surface area contributed by atoms with Crippen molar-refractivity contribution in [1.29, 1.82) is 0 Å². The predicted molar refractivity (Wildman–Crippen MR) is 104 cm³/mol. The van der Waals surface area contributed by atoms with E-state index in [1.54, 1.807) is 12.1 Å². The van der Waals surface area contributed by atoms with Gasteiger partial charge in [0.2, 0.25) is 0 Å². The summed E-state index contributed by atoms with van der Waals surface area (Å²) in [5, 5.41) is 12.2. The zero-order chi connectivity index (χ0) is 19.4. The lowest BCUT2D eigenvalue weighted by Gasteiger charge is -2.12. The second-order valence-corrected chi connectivity index (χ2v) is 6.80. The first kappa shape index (κ1) is 16.6. The molecule has 2 heterocycles. The van der Waals surface area contributed by atoms with Gasteiger partial charge in [-0.05, 0) is 35.9 Å². The van der Waals surface area contributed by atoms with Gasteiger partial charge in [0, 0.05) is 34.0 Å². The Morgan fingerprint density at radius 3 is 2.50 bits per heavy atom. The van der Waals surface area contributed by atoms with Crippen molar-refractivity contribution >= 4 is 21.8 Å². The number of benzene rings is 2. The smallest absolute Gasteiger partial charge is 0.190 e. The topological polar surface area (TPSA) is 61.0 Å². The molecule has 1 aliphatic heterocycles. The minimum absolute atomic E-state index is 0.189. The highest BCUT2D eigenvalue weighted by Gasteiger charge is 2.21. The molecule has 0 amide bonds. The fourth-order valence-electron chi connectivity index (χ4n) is 3.93. The second-order valence-electron chi connectivity index (χ2n) is 6.80. The quantitative estimate of drug-likeness (QED) is 0.397. The highest BCUT2D eigenvalue weighted by molar-refractivity contribution is 6.16. The number of para-hydroxylation sites is 1. The standard InChI is InChI=1S/C22H16F2N2O2/c1-28-22-13(23)8-11(9-14(22)24)10-17-21-19(12-4-2-3-5-15(12)26-21)20-16(25-17)6-7-18(20)27/h2-9,25-27H,10H2,1H3. The largest absolute Gasteiger partial charge is 0.507 e. The molecule has 0 saturated heterocycles. The molecule has 6 heteroatoms. The number of rotatable bonds is 3. The van der Waals surface area contributed by atoms with Crippen LogP contribution in [0.3, 0.4) is 0 Å². The lowest BCUT2D eigenvalue weighted by molar-refractivity contribution is 0.359. The lowest BCUT2D eigenvalue weighted by atomic mass is 10.0. The summed E-state index contributed by atoms with van der Waals surface area (Å²) in [5.41, 5.74) is 4.46. The van der Waals surface area contributed by atoms with Gasteiger partial charge < -0.3 is 19.8 Å². The summed E-state index contributed by atoms with van der Waals surface area (Å²) in [6.45, 7) is 0. The summed E-state index contributed by atoms with van der Waals surface area (Å²) in [6, 6.07) is 13.8. The number of H-pyrrole nitrogens is 2. The zero-order valence-corrected chi connectivity index (χ0v) is 14.9. The number of pyridine rings is 1. The number of nitrogens with one attached hydrogen (secondary N) is 2. The highest BCUT2D eigenvalue weighted by atomic mass is 19.1. The molecule has 0 radical (unpaired) electrons. The molecule has 1 aromatic heterocycles. The summed E-state index contributed by atoms with van der Waals surface area (Å²) in [4.78, 5) is 6.67. The Bertz CT molecular complexity index is 1300. The Balaban J connectivity index is 1.77. The SMILES string of the molecule is COc1c(F)cc(Cc2[nH]c3ccc(O)c-3c3c2[nH]c2ccccc23)cc1F. The van der Waals surface area contributed by atoms with Crippen molar-refractivity contribution in [1.82, 2.24) is 9.97 Å². The number of aromatic amines is 2. The maximum absolute atomic E-state index is 14.1. The Morgan fingerprint density at radius 1 is 1.00 bits per heavy atom. The van der Waals surface area contributed by atoms with E-state index in [1.165, 1.54) is 19.2 Å². The number of ether oxygens (including phenoxy) is 1. The van der Waals surface area contributed by atoms with Crippen LogP contribution in [-0.2, 0) is 6.42 Å². The van der Waals surface area contributed by atoms with Crippen LogP contribution in [0.1, 0.15) is 11.3 Å². The van der Waals surface area contributed by atoms with Crippen LogP contribution in [-0.4, -0.2) is 22.2 Å². The molecular formula is C22H16F2N2O2. The normalized spacial score (nSPS) is 11.7. The molecule has 0 fully saturated rings. The van der Waals surface area contributed by atoms with Crippen molar-refractivity contribution < 1.29 is 18.6 Å². The van der Waals surface area contributed by atoms with Crippen molar-refractivity contribution in [3.63, 3.8) is 0 Å². The number of halogens is 2. The maximum atomic E-state index is 14.1. The third-order valence-electron chi connectivity index (χ3n) is 5.12. The molecule has 0 saturated carbocycles. The van der Waals surface area contributed by atoms with Crippen LogP contribution in [0.2, 0.25) is 0 Å². The number of methoxy groups -OCH3 is 1. The fourth-order valence-corrected chi connectivity index (χ4v) is 3.93. The van der Waals surface area contributed by atoms with Crippen LogP contribution in [0.4, 0.5) is 8.78 Å². The molecular weight excluding hydrogens is 362 g/mol. The lowest BCUT2D eigenvalue weighted by Crippen LogP contribution is -2.00. The van der Waals surface area contributed by atoms with Crippen LogP contribution in [0.25, 0.3) is 33.1 Å². The van der Waals surface area contributed by atoms with Crippen LogP contribution in [0.15, 0.2) is 48.5 Å². The van der Waals surface area contributed by atoms with Gasteiger partial charge in [-0.2, -0.15) is 0 Å². The van der Waals surface area contributed by atoms with Crippen LogP contribution in [0, 0.1) is 11.6 Å². The summed E-state index contributed by atoms with van der Waals surface area (Å²) >= 11 is 0. The van der Waals surface area contributed by atoms with Crippen LogP contribution < -0.4 is 4.74 Å². The number of hydrogen-bond acceptors (Lipinski definition) is 2. The molecule has 1 aliphatic carbocycles. The molecule has 3 N–H and O–H groups in total. The van der Waals surface area contributed by atoms with E-state index in [0.717, 1.165) is 38.8 Å². The molecule has 4 nitrogen and oxygen atoms in total. The van der Waals surface area contributed by atoms with E-state index in [9.17, 15) is 13.9 Å². The van der Waals surface area contributed by atoms with Gasteiger partial charge in [-0.15, -0.1) is 0 Å². The van der Waals surface area contributed by atoms with E-state index in [-0.39, 0.29) is 17.9 Å². The second kappa shape index (κ2) is 5.99. The summed E-state index contributed by atoms with van der Waals surface area (Å²) < 4.78 is 33.0. The zero-order valence-electron chi connectivity index (χ0n) is 14.9. The molecule has 2 aromatic carbocycles. The Labute approximate surface area is 158 Å². The minimum Gasteiger partial charge on any atom is -0.507 e. The van der Waals surface area contributed by atoms with E-state index in [0.29, 0.717) is 5.56 Å². The van der Waals surface area contributed by atoms with Gasteiger partial charge in [0.1, 0.15) is 5.75 Å². The summed E-state index contributed by atoms with van der Waals surface area (Å²) in [6.07, 6.45) is 0.281. The third kappa shape index (κ3) is 2.34. The Hall–Kier alpha value is -3.54. The molecule has 5 rings (SSSR count). The van der Waals surface area contributed by atoms with Gasteiger partial charge in [0.25, 0.3) is 0 Å². The highest BCUT2D eigenvalue weighted by Crippen LogP contribution is 2.43. The van der Waals surface area contributed by atoms with Crippen LogP contribution in [0.5, 0.6) is 11.5 Å². The molecule has 140 valence electrons. The van der Waals surface area contributed by atoms with Gasteiger partial charge >= 0.3 is 0 Å². The van der Waals surface area contributed by atoms with Crippen LogP contribution >= 0.6 is 0 Å². The minimum atomic E-state index is -0.738. The first-order valence-electron chi connectivity index (χ1n) is 8.81. The van der Waals surface area contributed by atoms with E-state index in [4.69, 9.17) is 4.74 Å². The summed E-state index contributed by atoms with van der Waals surface area (Å²) in [5.74, 6) is -1.68. The van der Waals surface area contributed by atoms with Crippen molar-refractivity contribution in [3.8, 4) is 22.8 Å². The molecule has 0 atom stereocenters. The van der Waals surface area contributed by atoms with Gasteiger partial charge in [-0.25, -0.2) is 8.78 Å². The summed E-state index contributed by atoms with van der Waals surface area (Å²) in [7, 11) is 1.23. The van der Waals surface area contributed by atoms with E-state index in [1.807, 2.05) is 24.3 Å². The number of fused-ring (bicyclic) bond motifs is 5. The van der Waals surface area contributed by atoms with E-state index < -0.39 is 11.6 Å². The third-order valence-corrected chi connectivity index (χ3v) is 5.12. The Morgan fingerprint density at radius 2 is 1.75 bits per heavy atom. The molecule has 2 aliphatic rings. The van der Waals surface area contributed by atoms with Gasteiger partial charge in [-0.3, -0.25) is 0 Å². The number of hydrogen-bond donors (Lipinski definition) is 3. The van der Waals surface area contributed by atoms with Gasteiger partial charge in [0.15, 0.2) is 17.4 Å². The van der Waals surface area contributed by atoms with Gasteiger partial charge in [-0.1, -0.05) is 18.2 Å². The molecule has 28 heavy (non-hydrogen) atoms. The monoisotopic (exact) mass is 378 g/mol. The Kier molecular flexibility index (Phi) is 3.55. The van der Waals surface area contributed by atoms with Crippen molar-refractivity contribution in [3.05, 3.63) is 71.4 Å². The van der Waals surface area contributed by atoms with Crippen molar-refractivity contribution in [2.75, 3.05) is 7.11 Å². The van der Waals surface area contributed by atoms with E-state index >= 15 is 0 Å². The van der Waals surface area contributed by atoms with Gasteiger partial charge in [0.05, 0.1) is 18.3 Å². The average Bonchev–Trinajstić information content (AvgIpc) is 3.22.